The lowest BCUT2D eigenvalue weighted by molar-refractivity contribution is -0.159. The summed E-state index contributed by atoms with van der Waals surface area (Å²) in [6.45, 7) is -0.0131. The van der Waals surface area contributed by atoms with Crippen LogP contribution in [0, 0.1) is 5.92 Å². The van der Waals surface area contributed by atoms with E-state index in [-0.39, 0.29) is 24.4 Å². The number of methoxy groups -OCH3 is 1. The van der Waals surface area contributed by atoms with E-state index < -0.39 is 12.0 Å². The van der Waals surface area contributed by atoms with E-state index in [1.807, 2.05) is 24.3 Å². The lowest BCUT2D eigenvalue weighted by Gasteiger charge is -2.35. The molecule has 1 aliphatic carbocycles. The molecule has 0 aromatic heterocycles. The van der Waals surface area contributed by atoms with Gasteiger partial charge in [0.1, 0.15) is 6.04 Å². The van der Waals surface area contributed by atoms with Crippen LogP contribution in [0.1, 0.15) is 24.0 Å². The van der Waals surface area contributed by atoms with Gasteiger partial charge in [0, 0.05) is 13.0 Å². The molecule has 1 heterocycles. The van der Waals surface area contributed by atoms with E-state index >= 15 is 0 Å². The van der Waals surface area contributed by atoms with Crippen molar-refractivity contribution in [3.05, 3.63) is 35.4 Å². The molecule has 1 atom stereocenters. The average molecular weight is 317 g/mol. The summed E-state index contributed by atoms with van der Waals surface area (Å²) in [7, 11) is 1.30. The molecular weight excluding hydrogens is 298 g/mol. The van der Waals surface area contributed by atoms with Crippen molar-refractivity contribution < 1.29 is 23.9 Å². The molecule has 3 rings (SSSR count). The lowest BCUT2D eigenvalue weighted by Crippen LogP contribution is -2.50. The third-order valence-electron chi connectivity index (χ3n) is 4.29. The van der Waals surface area contributed by atoms with Gasteiger partial charge in [-0.2, -0.15) is 0 Å². The molecule has 0 radical (unpaired) electrons. The van der Waals surface area contributed by atoms with Gasteiger partial charge >= 0.3 is 11.9 Å². The zero-order chi connectivity index (χ0) is 16.4. The molecular formula is C17H19NO5. The second kappa shape index (κ2) is 6.40. The molecule has 6 heteroatoms. The zero-order valence-corrected chi connectivity index (χ0v) is 13.0. The fourth-order valence-electron chi connectivity index (χ4n) is 2.78. The van der Waals surface area contributed by atoms with Crippen LogP contribution in [0.15, 0.2) is 24.3 Å². The Kier molecular flexibility index (Phi) is 4.32. The van der Waals surface area contributed by atoms with Crippen LogP contribution in [-0.2, 0) is 36.8 Å². The van der Waals surface area contributed by atoms with Crippen LogP contribution < -0.4 is 0 Å². The van der Waals surface area contributed by atoms with Gasteiger partial charge in [0.05, 0.1) is 13.0 Å². The first-order valence-electron chi connectivity index (χ1n) is 7.71. The van der Waals surface area contributed by atoms with Crippen LogP contribution in [0.3, 0.4) is 0 Å². The first kappa shape index (κ1) is 15.5. The maximum atomic E-state index is 12.4. The predicted octanol–water partition coefficient (Wildman–Crippen LogP) is 1.07. The van der Waals surface area contributed by atoms with E-state index in [9.17, 15) is 14.4 Å². The van der Waals surface area contributed by atoms with Crippen molar-refractivity contribution in [1.82, 2.24) is 4.90 Å². The molecule has 1 aliphatic heterocycles. The summed E-state index contributed by atoms with van der Waals surface area (Å²) in [5.41, 5.74) is 2.02. The maximum absolute atomic E-state index is 12.4. The molecule has 2 aliphatic rings. The van der Waals surface area contributed by atoms with Gasteiger partial charge in [0.2, 0.25) is 0 Å². The monoisotopic (exact) mass is 317 g/mol. The van der Waals surface area contributed by atoms with Crippen LogP contribution in [0.4, 0.5) is 0 Å². The molecule has 1 aromatic carbocycles. The van der Waals surface area contributed by atoms with E-state index in [0.717, 1.165) is 24.0 Å². The van der Waals surface area contributed by atoms with Crippen molar-refractivity contribution in [2.45, 2.75) is 31.8 Å². The molecule has 6 nitrogen and oxygen atoms in total. The molecule has 1 amide bonds. The van der Waals surface area contributed by atoms with Crippen molar-refractivity contribution in [3.63, 3.8) is 0 Å². The van der Waals surface area contributed by atoms with Gasteiger partial charge in [0.25, 0.3) is 5.91 Å². The van der Waals surface area contributed by atoms with Crippen molar-refractivity contribution in [2.24, 2.45) is 5.92 Å². The standard InChI is InChI=1S/C17H19NO5/c1-22-17(21)14-8-12-4-2-3-5-13(12)9-18(14)15(19)10-23-16(20)11-6-7-11/h2-5,11,14H,6-10H2,1H3/t14-/m0/s1. The highest BCUT2D eigenvalue weighted by molar-refractivity contribution is 5.87. The van der Waals surface area contributed by atoms with E-state index in [2.05, 4.69) is 0 Å². The van der Waals surface area contributed by atoms with Gasteiger partial charge in [-0.25, -0.2) is 4.79 Å². The molecule has 1 fully saturated rings. The number of carbonyl (C=O) groups is 3. The largest absolute Gasteiger partial charge is 0.467 e. The van der Waals surface area contributed by atoms with Gasteiger partial charge in [-0.1, -0.05) is 24.3 Å². The Morgan fingerprint density at radius 2 is 1.83 bits per heavy atom. The number of fused-ring (bicyclic) bond motifs is 1. The Hall–Kier alpha value is -2.37. The number of esters is 2. The van der Waals surface area contributed by atoms with Crippen LogP contribution in [-0.4, -0.2) is 42.5 Å². The molecule has 0 unspecified atom stereocenters. The Morgan fingerprint density at radius 3 is 2.48 bits per heavy atom. The maximum Gasteiger partial charge on any atom is 0.328 e. The third kappa shape index (κ3) is 3.36. The van der Waals surface area contributed by atoms with Gasteiger partial charge < -0.3 is 14.4 Å². The van der Waals surface area contributed by atoms with Gasteiger partial charge in [-0.3, -0.25) is 9.59 Å². The van der Waals surface area contributed by atoms with Crippen LogP contribution in [0.25, 0.3) is 0 Å². The average Bonchev–Trinajstić information content (AvgIpc) is 3.42. The molecule has 1 saturated carbocycles. The topological polar surface area (TPSA) is 72.9 Å². The molecule has 0 spiro atoms. The summed E-state index contributed by atoms with van der Waals surface area (Å²) in [6.07, 6.45) is 2.06. The van der Waals surface area contributed by atoms with E-state index in [1.165, 1.54) is 12.0 Å². The van der Waals surface area contributed by atoms with Crippen LogP contribution >= 0.6 is 0 Å². The van der Waals surface area contributed by atoms with E-state index in [1.54, 1.807) is 0 Å². The van der Waals surface area contributed by atoms with Gasteiger partial charge in [-0.05, 0) is 24.0 Å². The zero-order valence-electron chi connectivity index (χ0n) is 13.0. The molecule has 0 saturated heterocycles. The van der Waals surface area contributed by atoms with Crippen LogP contribution in [0.5, 0.6) is 0 Å². The second-order valence-corrected chi connectivity index (χ2v) is 5.92. The minimum absolute atomic E-state index is 0.0544. The highest BCUT2D eigenvalue weighted by Gasteiger charge is 2.36. The number of rotatable bonds is 4. The Balaban J connectivity index is 1.72. The number of carbonyl (C=O) groups excluding carboxylic acids is 3. The Bertz CT molecular complexity index is 638. The Morgan fingerprint density at radius 1 is 1.13 bits per heavy atom. The number of hydrogen-bond acceptors (Lipinski definition) is 5. The first-order chi connectivity index (χ1) is 11.1. The molecule has 0 bridgehead atoms. The van der Waals surface area contributed by atoms with Crippen LogP contribution in [0.2, 0.25) is 0 Å². The van der Waals surface area contributed by atoms with Gasteiger partial charge in [-0.15, -0.1) is 0 Å². The lowest BCUT2D eigenvalue weighted by atomic mass is 9.94. The highest BCUT2D eigenvalue weighted by atomic mass is 16.5. The smallest absolute Gasteiger partial charge is 0.328 e. The predicted molar refractivity (Wildman–Crippen MR) is 80.2 cm³/mol. The van der Waals surface area contributed by atoms with Crippen molar-refractivity contribution >= 4 is 17.8 Å². The first-order valence-corrected chi connectivity index (χ1v) is 7.71. The summed E-state index contributed by atoms with van der Waals surface area (Å²) >= 11 is 0. The SMILES string of the molecule is COC(=O)[C@@H]1Cc2ccccc2CN1C(=O)COC(=O)C1CC1. The fraction of sp³-hybridized carbons (Fsp3) is 0.471. The summed E-state index contributed by atoms with van der Waals surface area (Å²) in [5, 5.41) is 0. The quantitative estimate of drug-likeness (QED) is 0.777. The fourth-order valence-corrected chi connectivity index (χ4v) is 2.78. The summed E-state index contributed by atoms with van der Waals surface area (Å²) in [4.78, 5) is 37.5. The molecule has 23 heavy (non-hydrogen) atoms. The summed E-state index contributed by atoms with van der Waals surface area (Å²) in [5.74, 6) is -1.21. The number of hydrogen-bond donors (Lipinski definition) is 0. The minimum atomic E-state index is -0.679. The number of ether oxygens (including phenoxy) is 2. The normalized spacial score (nSPS) is 19.7. The second-order valence-electron chi connectivity index (χ2n) is 5.92. The van der Waals surface area contributed by atoms with Crippen molar-refractivity contribution in [1.29, 1.82) is 0 Å². The summed E-state index contributed by atoms with van der Waals surface area (Å²) < 4.78 is 9.87. The van der Waals surface area contributed by atoms with Crippen molar-refractivity contribution in [2.75, 3.05) is 13.7 Å². The van der Waals surface area contributed by atoms with Crippen molar-refractivity contribution in [3.8, 4) is 0 Å². The highest BCUT2D eigenvalue weighted by Crippen LogP contribution is 2.30. The number of benzene rings is 1. The minimum Gasteiger partial charge on any atom is -0.467 e. The number of nitrogens with zero attached hydrogens (tertiary/aromatic N) is 1. The van der Waals surface area contributed by atoms with Gasteiger partial charge in [0.15, 0.2) is 6.61 Å². The number of amides is 1. The molecule has 122 valence electrons. The van der Waals surface area contributed by atoms with E-state index in [4.69, 9.17) is 9.47 Å². The molecule has 1 aromatic rings. The Labute approximate surface area is 134 Å². The molecule has 0 N–H and O–H groups in total. The third-order valence-corrected chi connectivity index (χ3v) is 4.29. The summed E-state index contributed by atoms with van der Waals surface area (Å²) in [6, 6.07) is 7.00. The van der Waals surface area contributed by atoms with E-state index in [0.29, 0.717) is 13.0 Å².